The molecule has 47 heavy (non-hydrogen) atoms. The van der Waals surface area contributed by atoms with E-state index >= 15 is 0 Å². The maximum absolute atomic E-state index is 5.00. The standard InChI is InChI=1S/C42H27N5/c1-2-10-28(11-3-1)32-23-24-36(34-14-5-4-13-33(32)34)38-26-41-42(37-16-7-6-15-35(37)38)46-47(45-41)31-21-19-29(20-22-31)39-17-8-18-40(44-39)30-12-9-25-43-27-30/h1-27H. The molecule has 0 saturated carbocycles. The van der Waals surface area contributed by atoms with Gasteiger partial charge in [0, 0.05) is 28.9 Å². The lowest BCUT2D eigenvalue weighted by molar-refractivity contribution is 0.766. The summed E-state index contributed by atoms with van der Waals surface area (Å²) in [5.74, 6) is 0. The minimum Gasteiger partial charge on any atom is -0.264 e. The number of hydrogen-bond acceptors (Lipinski definition) is 4. The Morgan fingerprint density at radius 1 is 0.426 bits per heavy atom. The number of hydrogen-bond donors (Lipinski definition) is 0. The Morgan fingerprint density at radius 2 is 1.06 bits per heavy atom. The van der Waals surface area contributed by atoms with Gasteiger partial charge in [0.05, 0.1) is 17.1 Å². The van der Waals surface area contributed by atoms with Crippen LogP contribution in [0.5, 0.6) is 0 Å². The van der Waals surface area contributed by atoms with Crippen LogP contribution < -0.4 is 0 Å². The van der Waals surface area contributed by atoms with Gasteiger partial charge in [-0.2, -0.15) is 4.80 Å². The minimum atomic E-state index is 0.852. The third kappa shape index (κ3) is 4.73. The van der Waals surface area contributed by atoms with E-state index in [0.717, 1.165) is 55.6 Å². The highest BCUT2D eigenvalue weighted by Crippen LogP contribution is 2.40. The zero-order valence-corrected chi connectivity index (χ0v) is 25.3. The maximum Gasteiger partial charge on any atom is 0.121 e. The average Bonchev–Trinajstić information content (AvgIpc) is 3.60. The van der Waals surface area contributed by atoms with Crippen molar-refractivity contribution in [3.05, 3.63) is 164 Å². The Hall–Kier alpha value is -6.46. The average molecular weight is 602 g/mol. The predicted octanol–water partition coefficient (Wildman–Crippen LogP) is 10.2. The normalized spacial score (nSPS) is 11.4. The van der Waals surface area contributed by atoms with E-state index in [1.54, 1.807) is 11.0 Å². The molecule has 0 N–H and O–H groups in total. The van der Waals surface area contributed by atoms with E-state index < -0.39 is 0 Å². The number of nitrogens with zero attached hydrogens (tertiary/aromatic N) is 5. The molecule has 9 rings (SSSR count). The third-order valence-corrected chi connectivity index (χ3v) is 8.79. The highest BCUT2D eigenvalue weighted by molar-refractivity contribution is 6.15. The Morgan fingerprint density at radius 3 is 1.81 bits per heavy atom. The van der Waals surface area contributed by atoms with Crippen LogP contribution in [-0.2, 0) is 0 Å². The fourth-order valence-electron chi connectivity index (χ4n) is 6.52. The second kappa shape index (κ2) is 11.2. The first-order valence-corrected chi connectivity index (χ1v) is 15.6. The van der Waals surface area contributed by atoms with Crippen molar-refractivity contribution in [2.24, 2.45) is 0 Å². The van der Waals surface area contributed by atoms with Crippen molar-refractivity contribution in [1.82, 2.24) is 25.0 Å². The molecule has 0 spiro atoms. The van der Waals surface area contributed by atoms with Crippen LogP contribution in [0.15, 0.2) is 164 Å². The molecule has 0 aliphatic rings. The van der Waals surface area contributed by atoms with E-state index in [9.17, 15) is 0 Å². The van der Waals surface area contributed by atoms with Crippen LogP contribution in [0.1, 0.15) is 0 Å². The first-order chi connectivity index (χ1) is 23.3. The Labute approximate surface area is 271 Å². The summed E-state index contributed by atoms with van der Waals surface area (Å²) in [4.78, 5) is 10.9. The van der Waals surface area contributed by atoms with E-state index in [1.165, 1.54) is 27.5 Å². The van der Waals surface area contributed by atoms with E-state index in [0.29, 0.717) is 0 Å². The Kier molecular flexibility index (Phi) is 6.39. The molecule has 0 bridgehead atoms. The molecule has 6 aromatic carbocycles. The second-order valence-electron chi connectivity index (χ2n) is 11.6. The van der Waals surface area contributed by atoms with Gasteiger partial charge in [-0.25, -0.2) is 4.98 Å². The van der Waals surface area contributed by atoms with Crippen LogP contribution >= 0.6 is 0 Å². The number of pyridine rings is 2. The van der Waals surface area contributed by atoms with Gasteiger partial charge in [-0.1, -0.05) is 109 Å². The monoisotopic (exact) mass is 601 g/mol. The summed E-state index contributed by atoms with van der Waals surface area (Å²) >= 11 is 0. The van der Waals surface area contributed by atoms with Gasteiger partial charge in [-0.05, 0) is 80.9 Å². The largest absolute Gasteiger partial charge is 0.264 e. The number of aromatic nitrogens is 5. The summed E-state index contributed by atoms with van der Waals surface area (Å²) < 4.78 is 0. The molecule has 0 atom stereocenters. The summed E-state index contributed by atoms with van der Waals surface area (Å²) in [7, 11) is 0. The van der Waals surface area contributed by atoms with Gasteiger partial charge in [0.1, 0.15) is 11.0 Å². The molecule has 0 radical (unpaired) electrons. The summed E-state index contributed by atoms with van der Waals surface area (Å²) in [5, 5.41) is 14.7. The number of fused-ring (bicyclic) bond motifs is 4. The zero-order chi connectivity index (χ0) is 31.2. The minimum absolute atomic E-state index is 0.852. The van der Waals surface area contributed by atoms with Gasteiger partial charge in [-0.3, -0.25) is 4.98 Å². The van der Waals surface area contributed by atoms with E-state index in [2.05, 4.69) is 114 Å². The second-order valence-corrected chi connectivity index (χ2v) is 11.6. The van der Waals surface area contributed by atoms with Crippen LogP contribution in [0.4, 0.5) is 0 Å². The molecule has 5 nitrogen and oxygen atoms in total. The summed E-state index contributed by atoms with van der Waals surface area (Å²) in [6, 6.07) is 52.7. The molecule has 3 heterocycles. The fraction of sp³-hybridized carbons (Fsp3) is 0. The van der Waals surface area contributed by atoms with Crippen LogP contribution in [-0.4, -0.2) is 25.0 Å². The molecule has 0 aliphatic carbocycles. The van der Waals surface area contributed by atoms with Gasteiger partial charge < -0.3 is 0 Å². The molecule has 0 fully saturated rings. The van der Waals surface area contributed by atoms with Crippen molar-refractivity contribution in [2.75, 3.05) is 0 Å². The van der Waals surface area contributed by atoms with Crippen molar-refractivity contribution >= 4 is 32.6 Å². The molecule has 0 saturated heterocycles. The molecular weight excluding hydrogens is 574 g/mol. The fourth-order valence-corrected chi connectivity index (χ4v) is 6.52. The van der Waals surface area contributed by atoms with E-state index in [-0.39, 0.29) is 0 Å². The quantitative estimate of drug-likeness (QED) is 0.197. The van der Waals surface area contributed by atoms with E-state index in [1.807, 2.05) is 48.7 Å². The van der Waals surface area contributed by atoms with Crippen LogP contribution in [0.3, 0.4) is 0 Å². The highest BCUT2D eigenvalue weighted by Gasteiger charge is 2.16. The topological polar surface area (TPSA) is 56.5 Å². The molecule has 5 heteroatoms. The lowest BCUT2D eigenvalue weighted by atomic mass is 9.90. The number of benzene rings is 6. The zero-order valence-electron chi connectivity index (χ0n) is 25.3. The lowest BCUT2D eigenvalue weighted by Crippen LogP contribution is -1.98. The maximum atomic E-state index is 5.00. The molecule has 0 unspecified atom stereocenters. The summed E-state index contributed by atoms with van der Waals surface area (Å²) in [6.45, 7) is 0. The van der Waals surface area contributed by atoms with Crippen LogP contribution in [0.2, 0.25) is 0 Å². The molecule has 3 aromatic heterocycles. The van der Waals surface area contributed by atoms with Crippen LogP contribution in [0.25, 0.3) is 83.0 Å². The van der Waals surface area contributed by atoms with Gasteiger partial charge in [0.15, 0.2) is 0 Å². The van der Waals surface area contributed by atoms with Crippen molar-refractivity contribution in [2.45, 2.75) is 0 Å². The molecular formula is C42H27N5. The van der Waals surface area contributed by atoms with Crippen molar-refractivity contribution in [3.63, 3.8) is 0 Å². The first-order valence-electron chi connectivity index (χ1n) is 15.6. The van der Waals surface area contributed by atoms with Crippen molar-refractivity contribution in [1.29, 1.82) is 0 Å². The Balaban J connectivity index is 1.14. The van der Waals surface area contributed by atoms with Crippen LogP contribution in [0, 0.1) is 0 Å². The van der Waals surface area contributed by atoms with Gasteiger partial charge in [-0.15, -0.1) is 10.2 Å². The molecule has 9 aromatic rings. The summed E-state index contributed by atoms with van der Waals surface area (Å²) in [5.41, 5.74) is 11.2. The Bertz CT molecular complexity index is 2550. The van der Waals surface area contributed by atoms with Gasteiger partial charge in [0.25, 0.3) is 0 Å². The van der Waals surface area contributed by atoms with Gasteiger partial charge >= 0.3 is 0 Å². The highest BCUT2D eigenvalue weighted by atomic mass is 15.5. The SMILES string of the molecule is c1ccc(-c2ccc(-c3cc4nn(-c5ccc(-c6cccc(-c7cccnc7)n6)cc5)nc4c4ccccc34)c3ccccc23)cc1. The molecule has 0 amide bonds. The lowest BCUT2D eigenvalue weighted by Gasteiger charge is -2.14. The van der Waals surface area contributed by atoms with Crippen molar-refractivity contribution < 1.29 is 0 Å². The third-order valence-electron chi connectivity index (χ3n) is 8.79. The smallest absolute Gasteiger partial charge is 0.121 e. The molecule has 220 valence electrons. The van der Waals surface area contributed by atoms with E-state index in [4.69, 9.17) is 15.2 Å². The predicted molar refractivity (Wildman–Crippen MR) is 191 cm³/mol. The number of rotatable bonds is 5. The molecule has 0 aliphatic heterocycles. The van der Waals surface area contributed by atoms with Gasteiger partial charge in [0.2, 0.25) is 0 Å². The summed E-state index contributed by atoms with van der Waals surface area (Å²) in [6.07, 6.45) is 3.61. The first kappa shape index (κ1) is 26.9. The van der Waals surface area contributed by atoms with Crippen molar-refractivity contribution in [3.8, 4) is 50.5 Å².